The van der Waals surface area contributed by atoms with E-state index in [0.717, 1.165) is 49.8 Å². The SMILES string of the molecule is Cl.Cl.O.c1ccc2c(CCCN3CCCCC(CN4CCc5cc6c(cc5CC4)OCO6)C3)c[nH]c2c1. The first kappa shape index (κ1) is 29.6. The van der Waals surface area contributed by atoms with Crippen molar-refractivity contribution in [3.8, 4) is 11.5 Å². The van der Waals surface area contributed by atoms with Crippen LogP contribution in [0.1, 0.15) is 42.4 Å². The van der Waals surface area contributed by atoms with E-state index in [1.807, 2.05) is 0 Å². The Kier molecular flexibility index (Phi) is 11.0. The van der Waals surface area contributed by atoms with Crippen molar-refractivity contribution in [2.75, 3.05) is 46.1 Å². The number of hydrogen-bond donors (Lipinski definition) is 1. The quantitative estimate of drug-likeness (QED) is 0.466. The smallest absolute Gasteiger partial charge is 0.231 e. The molecule has 1 atom stereocenters. The summed E-state index contributed by atoms with van der Waals surface area (Å²) in [4.78, 5) is 8.89. The van der Waals surface area contributed by atoms with Gasteiger partial charge in [-0.05, 0) is 92.4 Å². The number of para-hydroxylation sites is 1. The van der Waals surface area contributed by atoms with E-state index in [1.165, 1.54) is 79.5 Å². The lowest BCUT2D eigenvalue weighted by Gasteiger charge is -2.29. The van der Waals surface area contributed by atoms with E-state index in [0.29, 0.717) is 6.79 Å². The van der Waals surface area contributed by atoms with Crippen LogP contribution < -0.4 is 9.47 Å². The lowest BCUT2D eigenvalue weighted by Crippen LogP contribution is -2.37. The molecule has 6 rings (SSSR count). The third-order valence-corrected chi connectivity index (χ3v) is 8.05. The number of hydrogen-bond acceptors (Lipinski definition) is 4. The van der Waals surface area contributed by atoms with Gasteiger partial charge in [0.05, 0.1) is 0 Å². The van der Waals surface area contributed by atoms with E-state index in [-0.39, 0.29) is 30.3 Å². The number of ether oxygens (including phenoxy) is 2. The minimum absolute atomic E-state index is 0. The van der Waals surface area contributed by atoms with Gasteiger partial charge in [0.15, 0.2) is 11.5 Å². The van der Waals surface area contributed by atoms with Crippen LogP contribution in [-0.2, 0) is 19.3 Å². The summed E-state index contributed by atoms with van der Waals surface area (Å²) in [6.07, 6.45) is 10.9. The van der Waals surface area contributed by atoms with Gasteiger partial charge in [0, 0.05) is 43.3 Å². The van der Waals surface area contributed by atoms with Crippen molar-refractivity contribution in [1.29, 1.82) is 0 Å². The Morgan fingerprint density at radius 1 is 0.892 bits per heavy atom. The molecule has 3 aromatic rings. The topological polar surface area (TPSA) is 72.2 Å². The van der Waals surface area contributed by atoms with Crippen LogP contribution in [0, 0.1) is 5.92 Å². The summed E-state index contributed by atoms with van der Waals surface area (Å²) in [5.41, 5.74) is 5.63. The molecule has 204 valence electrons. The van der Waals surface area contributed by atoms with Crippen molar-refractivity contribution in [3.05, 3.63) is 59.3 Å². The molecule has 3 N–H and O–H groups in total. The number of halogens is 2. The first-order chi connectivity index (χ1) is 16.8. The minimum atomic E-state index is 0. The van der Waals surface area contributed by atoms with Crippen molar-refractivity contribution < 1.29 is 14.9 Å². The molecule has 3 aliphatic heterocycles. The largest absolute Gasteiger partial charge is 0.454 e. The van der Waals surface area contributed by atoms with Crippen molar-refractivity contribution >= 4 is 35.7 Å². The molecule has 3 aliphatic rings. The van der Waals surface area contributed by atoms with Crippen molar-refractivity contribution in [3.63, 3.8) is 0 Å². The minimum Gasteiger partial charge on any atom is -0.454 e. The Hall–Kier alpha value is -1.96. The maximum atomic E-state index is 5.61. The number of nitrogens with zero attached hydrogens (tertiary/aromatic N) is 2. The number of benzene rings is 2. The molecule has 1 aromatic heterocycles. The molecule has 8 heteroatoms. The van der Waals surface area contributed by atoms with Crippen LogP contribution in [0.3, 0.4) is 0 Å². The number of aromatic amines is 1. The highest BCUT2D eigenvalue weighted by Crippen LogP contribution is 2.36. The van der Waals surface area contributed by atoms with Crippen molar-refractivity contribution in [1.82, 2.24) is 14.8 Å². The standard InChI is InChI=1S/C29H37N3O2.2ClH.H2O/c1-2-9-27-26(8-1)25(18-30-27)7-5-13-31-12-4-3-6-22(19-31)20-32-14-10-23-16-28-29(34-21-33-28)17-24(23)11-15-32;;;/h1-2,8-9,16-18,22,30H,3-7,10-15,19-21H2;2*1H;1H2. The molecule has 2 aromatic carbocycles. The van der Waals surface area contributed by atoms with Gasteiger partial charge in [0.1, 0.15) is 0 Å². The normalized spacial score (nSPS) is 19.6. The van der Waals surface area contributed by atoms with Crippen LogP contribution >= 0.6 is 24.8 Å². The predicted molar refractivity (Wildman–Crippen MR) is 155 cm³/mol. The third-order valence-electron chi connectivity index (χ3n) is 8.05. The van der Waals surface area contributed by atoms with Gasteiger partial charge in [-0.1, -0.05) is 24.6 Å². The van der Waals surface area contributed by atoms with Gasteiger partial charge in [-0.3, -0.25) is 0 Å². The highest BCUT2D eigenvalue weighted by Gasteiger charge is 2.24. The van der Waals surface area contributed by atoms with E-state index in [4.69, 9.17) is 9.47 Å². The Balaban J connectivity index is 0.00000127. The second-order valence-electron chi connectivity index (χ2n) is 10.4. The molecule has 4 heterocycles. The van der Waals surface area contributed by atoms with Crippen LogP contribution in [0.4, 0.5) is 0 Å². The summed E-state index contributed by atoms with van der Waals surface area (Å²) in [5.74, 6) is 2.65. The maximum absolute atomic E-state index is 5.61. The summed E-state index contributed by atoms with van der Waals surface area (Å²) in [6, 6.07) is 13.1. The van der Waals surface area contributed by atoms with Gasteiger partial charge >= 0.3 is 0 Å². The van der Waals surface area contributed by atoms with Crippen molar-refractivity contribution in [2.24, 2.45) is 5.92 Å². The number of aryl methyl sites for hydroxylation is 1. The van der Waals surface area contributed by atoms with Gasteiger partial charge in [-0.15, -0.1) is 24.8 Å². The predicted octanol–water partition coefficient (Wildman–Crippen LogP) is 5.05. The molecule has 37 heavy (non-hydrogen) atoms. The average molecular weight is 551 g/mol. The summed E-state index contributed by atoms with van der Waals surface area (Å²) >= 11 is 0. The number of nitrogens with one attached hydrogen (secondary N) is 1. The van der Waals surface area contributed by atoms with Gasteiger partial charge in [0.25, 0.3) is 0 Å². The molecule has 0 spiro atoms. The van der Waals surface area contributed by atoms with Crippen LogP contribution in [0.5, 0.6) is 11.5 Å². The fraction of sp³-hybridized carbons (Fsp3) is 0.517. The molecule has 1 saturated heterocycles. The molecular weight excluding hydrogens is 509 g/mol. The molecule has 0 bridgehead atoms. The fourth-order valence-electron chi connectivity index (χ4n) is 6.21. The number of likely N-dealkylation sites (tertiary alicyclic amines) is 1. The lowest BCUT2D eigenvalue weighted by atomic mass is 10.0. The highest BCUT2D eigenvalue weighted by atomic mass is 35.5. The Bertz CT molecular complexity index is 1100. The van der Waals surface area contributed by atoms with Crippen molar-refractivity contribution in [2.45, 2.75) is 44.9 Å². The van der Waals surface area contributed by atoms with Crippen LogP contribution in [-0.4, -0.2) is 66.3 Å². The van der Waals surface area contributed by atoms with E-state index < -0.39 is 0 Å². The number of fused-ring (bicyclic) bond motifs is 3. The van der Waals surface area contributed by atoms with E-state index in [2.05, 4.69) is 57.4 Å². The maximum Gasteiger partial charge on any atom is 0.231 e. The lowest BCUT2D eigenvalue weighted by molar-refractivity contribution is 0.173. The first-order valence-corrected chi connectivity index (χ1v) is 13.2. The number of aromatic nitrogens is 1. The van der Waals surface area contributed by atoms with E-state index in [9.17, 15) is 0 Å². The Morgan fingerprint density at radius 3 is 2.38 bits per heavy atom. The molecular formula is C29H41Cl2N3O3. The zero-order chi connectivity index (χ0) is 22.7. The first-order valence-electron chi connectivity index (χ1n) is 13.2. The summed E-state index contributed by atoms with van der Waals surface area (Å²) in [6.45, 7) is 7.65. The summed E-state index contributed by atoms with van der Waals surface area (Å²) < 4.78 is 11.2. The van der Waals surface area contributed by atoms with Gasteiger partial charge in [0.2, 0.25) is 6.79 Å². The third kappa shape index (κ3) is 6.92. The molecule has 6 nitrogen and oxygen atoms in total. The zero-order valence-electron chi connectivity index (χ0n) is 21.5. The van der Waals surface area contributed by atoms with Crippen LogP contribution in [0.25, 0.3) is 10.9 Å². The molecule has 0 radical (unpaired) electrons. The molecule has 1 fully saturated rings. The molecule has 0 saturated carbocycles. The summed E-state index contributed by atoms with van der Waals surface area (Å²) in [7, 11) is 0. The average Bonchev–Trinajstić information content (AvgIpc) is 3.35. The van der Waals surface area contributed by atoms with Gasteiger partial charge in [-0.2, -0.15) is 0 Å². The molecule has 0 amide bonds. The molecule has 1 unspecified atom stereocenters. The van der Waals surface area contributed by atoms with Crippen LogP contribution in [0.15, 0.2) is 42.6 Å². The number of H-pyrrole nitrogens is 1. The Morgan fingerprint density at radius 2 is 1.62 bits per heavy atom. The number of rotatable bonds is 6. The molecule has 0 aliphatic carbocycles. The zero-order valence-corrected chi connectivity index (χ0v) is 23.2. The second kappa shape index (κ2) is 13.7. The Labute approximate surface area is 232 Å². The van der Waals surface area contributed by atoms with E-state index in [1.54, 1.807) is 0 Å². The van der Waals surface area contributed by atoms with Crippen LogP contribution in [0.2, 0.25) is 0 Å². The fourth-order valence-corrected chi connectivity index (χ4v) is 6.21. The second-order valence-corrected chi connectivity index (χ2v) is 10.4. The highest BCUT2D eigenvalue weighted by molar-refractivity contribution is 5.85. The summed E-state index contributed by atoms with van der Waals surface area (Å²) in [5, 5.41) is 1.39. The van der Waals surface area contributed by atoms with Gasteiger partial charge < -0.3 is 29.7 Å². The van der Waals surface area contributed by atoms with Gasteiger partial charge in [-0.25, -0.2) is 0 Å². The van der Waals surface area contributed by atoms with E-state index >= 15 is 0 Å². The monoisotopic (exact) mass is 549 g/mol.